The Labute approximate surface area is 109 Å². The number of carbonyl (C=O) groups is 1. The number of methoxy groups -OCH3 is 1. The summed E-state index contributed by atoms with van der Waals surface area (Å²) in [7, 11) is 1.45. The predicted molar refractivity (Wildman–Crippen MR) is 69.6 cm³/mol. The van der Waals surface area contributed by atoms with Gasteiger partial charge in [0.2, 0.25) is 0 Å². The summed E-state index contributed by atoms with van der Waals surface area (Å²) >= 11 is 0. The van der Waals surface area contributed by atoms with Gasteiger partial charge in [-0.2, -0.15) is 0 Å². The van der Waals surface area contributed by atoms with E-state index in [4.69, 9.17) is 9.84 Å². The molecule has 0 aliphatic heterocycles. The van der Waals surface area contributed by atoms with E-state index in [1.165, 1.54) is 31.4 Å². The van der Waals surface area contributed by atoms with Crippen LogP contribution in [0.2, 0.25) is 0 Å². The van der Waals surface area contributed by atoms with E-state index in [9.17, 15) is 9.18 Å². The van der Waals surface area contributed by atoms with E-state index in [1.54, 1.807) is 18.2 Å². The molecule has 0 unspecified atom stereocenters. The fourth-order valence-electron chi connectivity index (χ4n) is 1.62. The van der Waals surface area contributed by atoms with Crippen LogP contribution in [0.1, 0.15) is 10.4 Å². The first-order valence-corrected chi connectivity index (χ1v) is 5.54. The summed E-state index contributed by atoms with van der Waals surface area (Å²) in [4.78, 5) is 10.7. The van der Waals surface area contributed by atoms with Crippen LogP contribution in [-0.2, 0) is 0 Å². The molecule has 2 aromatic rings. The maximum Gasteiger partial charge on any atom is 0.335 e. The van der Waals surface area contributed by atoms with Gasteiger partial charge in [-0.15, -0.1) is 0 Å². The fourth-order valence-corrected chi connectivity index (χ4v) is 1.62. The van der Waals surface area contributed by atoms with Gasteiger partial charge in [-0.1, -0.05) is 0 Å². The van der Waals surface area contributed by atoms with Crippen molar-refractivity contribution in [1.82, 2.24) is 0 Å². The molecule has 2 aromatic carbocycles. The first-order valence-electron chi connectivity index (χ1n) is 5.54. The third-order valence-electron chi connectivity index (χ3n) is 2.57. The Hall–Kier alpha value is -2.56. The monoisotopic (exact) mass is 261 g/mol. The Bertz CT molecular complexity index is 596. The summed E-state index contributed by atoms with van der Waals surface area (Å²) in [5.74, 6) is -0.989. The summed E-state index contributed by atoms with van der Waals surface area (Å²) < 4.78 is 18.1. The van der Waals surface area contributed by atoms with Crippen molar-refractivity contribution in [1.29, 1.82) is 0 Å². The van der Waals surface area contributed by atoms with Gasteiger partial charge >= 0.3 is 5.97 Å². The Morgan fingerprint density at radius 2 is 1.89 bits per heavy atom. The van der Waals surface area contributed by atoms with Gasteiger partial charge < -0.3 is 15.2 Å². The average molecular weight is 261 g/mol. The molecule has 0 bridgehead atoms. The molecule has 0 aliphatic rings. The van der Waals surface area contributed by atoms with E-state index >= 15 is 0 Å². The predicted octanol–water partition coefficient (Wildman–Crippen LogP) is 3.28. The third kappa shape index (κ3) is 3.01. The molecule has 2 N–H and O–H groups in total. The first-order chi connectivity index (χ1) is 9.10. The minimum atomic E-state index is -0.981. The number of carboxylic acid groups (broad SMARTS) is 1. The van der Waals surface area contributed by atoms with Crippen LogP contribution in [0, 0.1) is 5.82 Å². The number of carboxylic acids is 1. The minimum Gasteiger partial charge on any atom is -0.494 e. The molecule has 0 amide bonds. The molecule has 5 heteroatoms. The number of anilines is 2. The SMILES string of the molecule is COc1cc(F)ccc1Nc1ccc(C(=O)O)cc1. The molecule has 0 saturated heterocycles. The highest BCUT2D eigenvalue weighted by atomic mass is 19.1. The number of rotatable bonds is 4. The number of aromatic carboxylic acids is 1. The molecule has 0 aromatic heterocycles. The molecular formula is C14H12FNO3. The number of nitrogens with one attached hydrogen (secondary N) is 1. The number of hydrogen-bond acceptors (Lipinski definition) is 3. The molecule has 4 nitrogen and oxygen atoms in total. The van der Waals surface area contributed by atoms with Crippen molar-refractivity contribution < 1.29 is 19.0 Å². The largest absolute Gasteiger partial charge is 0.494 e. The molecule has 0 spiro atoms. The molecule has 2 rings (SSSR count). The van der Waals surface area contributed by atoms with Crippen LogP contribution in [0.4, 0.5) is 15.8 Å². The van der Waals surface area contributed by atoms with Gasteiger partial charge in [-0.25, -0.2) is 9.18 Å². The first kappa shape index (κ1) is 12.9. The summed E-state index contributed by atoms with van der Waals surface area (Å²) in [5.41, 5.74) is 1.50. The van der Waals surface area contributed by atoms with E-state index in [0.717, 1.165) is 0 Å². The molecular weight excluding hydrogens is 249 g/mol. The number of hydrogen-bond donors (Lipinski definition) is 2. The zero-order valence-corrected chi connectivity index (χ0v) is 10.2. The number of ether oxygens (including phenoxy) is 1. The highest BCUT2D eigenvalue weighted by molar-refractivity contribution is 5.88. The lowest BCUT2D eigenvalue weighted by atomic mass is 10.2. The standard InChI is InChI=1S/C14H12FNO3/c1-19-13-8-10(15)4-7-12(13)16-11-5-2-9(3-6-11)14(17)18/h2-8,16H,1H3,(H,17,18). The van der Waals surface area contributed by atoms with Gasteiger partial charge in [-0.05, 0) is 36.4 Å². The molecule has 0 radical (unpaired) electrons. The Kier molecular flexibility index (Phi) is 3.66. The maximum absolute atomic E-state index is 13.0. The molecule has 0 heterocycles. The minimum absolute atomic E-state index is 0.205. The van der Waals surface area contributed by atoms with Gasteiger partial charge in [0.05, 0.1) is 18.4 Å². The van der Waals surface area contributed by atoms with Crippen LogP contribution in [0.25, 0.3) is 0 Å². The summed E-state index contributed by atoms with van der Waals surface area (Å²) in [5, 5.41) is 11.8. The zero-order chi connectivity index (χ0) is 13.8. The molecule has 0 atom stereocenters. The average Bonchev–Trinajstić information content (AvgIpc) is 2.41. The van der Waals surface area contributed by atoms with Crippen LogP contribution >= 0.6 is 0 Å². The van der Waals surface area contributed by atoms with Crippen LogP contribution < -0.4 is 10.1 Å². The Morgan fingerprint density at radius 1 is 1.21 bits per heavy atom. The highest BCUT2D eigenvalue weighted by Crippen LogP contribution is 2.28. The van der Waals surface area contributed by atoms with Crippen LogP contribution in [0.3, 0.4) is 0 Å². The van der Waals surface area contributed by atoms with E-state index in [1.807, 2.05) is 0 Å². The molecule has 0 aliphatic carbocycles. The van der Waals surface area contributed by atoms with Gasteiger partial charge in [0.15, 0.2) is 0 Å². The summed E-state index contributed by atoms with van der Waals surface area (Å²) in [6.45, 7) is 0. The van der Waals surface area contributed by atoms with Crippen LogP contribution in [0.5, 0.6) is 5.75 Å². The Morgan fingerprint density at radius 3 is 2.47 bits per heavy atom. The van der Waals surface area contributed by atoms with Gasteiger partial charge in [0.25, 0.3) is 0 Å². The Balaban J connectivity index is 2.23. The van der Waals surface area contributed by atoms with Crippen LogP contribution in [0.15, 0.2) is 42.5 Å². The maximum atomic E-state index is 13.0. The summed E-state index contributed by atoms with van der Waals surface area (Å²) in [6, 6.07) is 10.4. The normalized spacial score (nSPS) is 10.0. The van der Waals surface area contributed by atoms with Crippen molar-refractivity contribution in [2.75, 3.05) is 12.4 Å². The summed E-state index contributed by atoms with van der Waals surface area (Å²) in [6.07, 6.45) is 0. The van der Waals surface area contributed by atoms with E-state index in [-0.39, 0.29) is 11.4 Å². The second kappa shape index (κ2) is 5.39. The number of halogens is 1. The zero-order valence-electron chi connectivity index (χ0n) is 10.2. The van der Waals surface area contributed by atoms with E-state index in [2.05, 4.69) is 5.32 Å². The van der Waals surface area contributed by atoms with Gasteiger partial charge in [0.1, 0.15) is 11.6 Å². The fraction of sp³-hybridized carbons (Fsp3) is 0.0714. The second-order valence-corrected chi connectivity index (χ2v) is 3.85. The van der Waals surface area contributed by atoms with Crippen molar-refractivity contribution in [3.05, 3.63) is 53.8 Å². The van der Waals surface area contributed by atoms with E-state index < -0.39 is 5.97 Å². The highest BCUT2D eigenvalue weighted by Gasteiger charge is 2.06. The van der Waals surface area contributed by atoms with Gasteiger partial charge in [0, 0.05) is 11.8 Å². The second-order valence-electron chi connectivity index (χ2n) is 3.85. The third-order valence-corrected chi connectivity index (χ3v) is 2.57. The van der Waals surface area contributed by atoms with Crippen molar-refractivity contribution in [2.45, 2.75) is 0 Å². The lowest BCUT2D eigenvalue weighted by Crippen LogP contribution is -1.98. The quantitative estimate of drug-likeness (QED) is 0.886. The lowest BCUT2D eigenvalue weighted by Gasteiger charge is -2.11. The number of benzene rings is 2. The lowest BCUT2D eigenvalue weighted by molar-refractivity contribution is 0.0697. The molecule has 98 valence electrons. The van der Waals surface area contributed by atoms with Crippen molar-refractivity contribution in [3.63, 3.8) is 0 Å². The van der Waals surface area contributed by atoms with Crippen LogP contribution in [-0.4, -0.2) is 18.2 Å². The van der Waals surface area contributed by atoms with E-state index in [0.29, 0.717) is 17.1 Å². The molecule has 0 fully saturated rings. The smallest absolute Gasteiger partial charge is 0.335 e. The van der Waals surface area contributed by atoms with Crippen molar-refractivity contribution >= 4 is 17.3 Å². The topological polar surface area (TPSA) is 58.6 Å². The van der Waals surface area contributed by atoms with Crippen molar-refractivity contribution in [2.24, 2.45) is 0 Å². The molecule has 19 heavy (non-hydrogen) atoms. The molecule has 0 saturated carbocycles. The van der Waals surface area contributed by atoms with Gasteiger partial charge in [-0.3, -0.25) is 0 Å². The van der Waals surface area contributed by atoms with Crippen molar-refractivity contribution in [3.8, 4) is 5.75 Å².